The van der Waals surface area contributed by atoms with E-state index < -0.39 is 5.91 Å². The molecule has 0 bridgehead atoms. The van der Waals surface area contributed by atoms with Crippen molar-refractivity contribution in [2.24, 2.45) is 5.10 Å². The van der Waals surface area contributed by atoms with E-state index in [1.54, 1.807) is 36.4 Å². The molecule has 0 aliphatic heterocycles. The summed E-state index contributed by atoms with van der Waals surface area (Å²) in [7, 11) is 1.52. The monoisotopic (exact) mass is 302 g/mol. The molecule has 114 valence electrons. The molecule has 0 aliphatic carbocycles. The van der Waals surface area contributed by atoms with Gasteiger partial charge in [-0.3, -0.25) is 4.79 Å². The molecule has 5 nitrogen and oxygen atoms in total. The Hall–Kier alpha value is -2.89. The quantitative estimate of drug-likeness (QED) is 0.658. The molecule has 0 fully saturated rings. The lowest BCUT2D eigenvalue weighted by Crippen LogP contribution is -2.24. The van der Waals surface area contributed by atoms with Crippen molar-refractivity contribution in [3.8, 4) is 11.5 Å². The number of para-hydroxylation sites is 2. The van der Waals surface area contributed by atoms with E-state index in [4.69, 9.17) is 9.47 Å². The summed E-state index contributed by atoms with van der Waals surface area (Å²) in [4.78, 5) is 11.6. The smallest absolute Gasteiger partial charge is 0.277 e. The number of nitrogens with zero attached hydrogens (tertiary/aromatic N) is 1. The van der Waals surface area contributed by atoms with Crippen molar-refractivity contribution in [3.63, 3.8) is 0 Å². The van der Waals surface area contributed by atoms with Crippen molar-refractivity contribution in [1.29, 1.82) is 0 Å². The Morgan fingerprint density at radius 2 is 1.86 bits per heavy atom. The normalized spacial score (nSPS) is 10.5. The first kappa shape index (κ1) is 15.5. The third-order valence-corrected chi connectivity index (χ3v) is 2.70. The second-order valence-electron chi connectivity index (χ2n) is 4.28. The van der Waals surface area contributed by atoms with E-state index in [0.29, 0.717) is 17.1 Å². The number of carbonyl (C=O) groups is 1. The van der Waals surface area contributed by atoms with Gasteiger partial charge in [-0.1, -0.05) is 24.3 Å². The van der Waals surface area contributed by atoms with Crippen molar-refractivity contribution in [1.82, 2.24) is 5.43 Å². The second kappa shape index (κ2) is 7.78. The molecule has 1 N–H and O–H groups in total. The number of ether oxygens (including phenoxy) is 2. The van der Waals surface area contributed by atoms with Gasteiger partial charge in [0, 0.05) is 0 Å². The van der Waals surface area contributed by atoms with Gasteiger partial charge in [0.2, 0.25) is 0 Å². The van der Waals surface area contributed by atoms with Crippen molar-refractivity contribution in [3.05, 3.63) is 59.9 Å². The average Bonchev–Trinajstić information content (AvgIpc) is 2.55. The summed E-state index contributed by atoms with van der Waals surface area (Å²) >= 11 is 0. The lowest BCUT2D eigenvalue weighted by molar-refractivity contribution is -0.123. The molecule has 0 spiro atoms. The number of carbonyl (C=O) groups excluding carboxylic acids is 1. The summed E-state index contributed by atoms with van der Waals surface area (Å²) in [6, 6.07) is 12.8. The highest BCUT2D eigenvalue weighted by Gasteiger charge is 2.05. The molecule has 0 heterocycles. The van der Waals surface area contributed by atoms with Crippen LogP contribution in [-0.4, -0.2) is 25.8 Å². The highest BCUT2D eigenvalue weighted by atomic mass is 19.1. The maximum absolute atomic E-state index is 12.7. The highest BCUT2D eigenvalue weighted by molar-refractivity contribution is 5.82. The first-order valence-corrected chi connectivity index (χ1v) is 6.52. The molecule has 0 saturated heterocycles. The van der Waals surface area contributed by atoms with Crippen LogP contribution in [0.25, 0.3) is 0 Å². The van der Waals surface area contributed by atoms with Crippen LogP contribution < -0.4 is 14.9 Å². The summed E-state index contributed by atoms with van der Waals surface area (Å²) in [5, 5.41) is 3.77. The predicted octanol–water partition coefficient (Wildman–Crippen LogP) is 2.36. The number of hydrogen-bond donors (Lipinski definition) is 1. The SMILES string of the molecule is COc1ccccc1OCC(=O)N/N=C/c1ccc(F)cc1. The van der Waals surface area contributed by atoms with Crippen LogP contribution >= 0.6 is 0 Å². The van der Waals surface area contributed by atoms with Gasteiger partial charge < -0.3 is 9.47 Å². The van der Waals surface area contributed by atoms with Gasteiger partial charge in [-0.2, -0.15) is 5.10 Å². The number of hydrogen-bond acceptors (Lipinski definition) is 4. The Kier molecular flexibility index (Phi) is 5.48. The lowest BCUT2D eigenvalue weighted by Gasteiger charge is -2.09. The third-order valence-electron chi connectivity index (χ3n) is 2.70. The number of benzene rings is 2. The molecule has 1 amide bonds. The fraction of sp³-hybridized carbons (Fsp3) is 0.125. The van der Waals surface area contributed by atoms with Crippen LogP contribution in [0.3, 0.4) is 0 Å². The summed E-state index contributed by atoms with van der Waals surface area (Å²) in [6.45, 7) is -0.193. The Labute approximate surface area is 127 Å². The van der Waals surface area contributed by atoms with Gasteiger partial charge in [0.15, 0.2) is 18.1 Å². The van der Waals surface area contributed by atoms with E-state index in [1.807, 2.05) is 0 Å². The van der Waals surface area contributed by atoms with Crippen LogP contribution in [0.4, 0.5) is 4.39 Å². The zero-order valence-electron chi connectivity index (χ0n) is 12.0. The van der Waals surface area contributed by atoms with Crippen molar-refractivity contribution >= 4 is 12.1 Å². The largest absolute Gasteiger partial charge is 0.493 e. The average molecular weight is 302 g/mol. The van der Waals surface area contributed by atoms with E-state index in [0.717, 1.165) is 0 Å². The van der Waals surface area contributed by atoms with Crippen molar-refractivity contribution in [2.75, 3.05) is 13.7 Å². The zero-order chi connectivity index (χ0) is 15.8. The Balaban J connectivity index is 1.82. The van der Waals surface area contributed by atoms with Gasteiger partial charge in [-0.25, -0.2) is 9.82 Å². The van der Waals surface area contributed by atoms with Gasteiger partial charge in [-0.05, 0) is 29.8 Å². The minimum Gasteiger partial charge on any atom is -0.493 e. The van der Waals surface area contributed by atoms with Crippen LogP contribution in [0.1, 0.15) is 5.56 Å². The summed E-state index contributed by atoms with van der Waals surface area (Å²) in [6.07, 6.45) is 1.42. The zero-order valence-corrected chi connectivity index (χ0v) is 12.0. The maximum Gasteiger partial charge on any atom is 0.277 e. The van der Waals surface area contributed by atoms with E-state index >= 15 is 0 Å². The molecule has 6 heteroatoms. The van der Waals surface area contributed by atoms with Gasteiger partial charge >= 0.3 is 0 Å². The Morgan fingerprint density at radius 1 is 1.18 bits per heavy atom. The van der Waals surface area contributed by atoms with Gasteiger partial charge in [0.1, 0.15) is 5.82 Å². The van der Waals surface area contributed by atoms with E-state index in [-0.39, 0.29) is 12.4 Å². The van der Waals surface area contributed by atoms with E-state index in [9.17, 15) is 9.18 Å². The molecular formula is C16H15FN2O3. The molecule has 22 heavy (non-hydrogen) atoms. The Morgan fingerprint density at radius 3 is 2.55 bits per heavy atom. The number of methoxy groups -OCH3 is 1. The van der Waals surface area contributed by atoms with Crippen molar-refractivity contribution < 1.29 is 18.7 Å². The fourth-order valence-electron chi connectivity index (χ4n) is 1.64. The molecule has 0 atom stereocenters. The van der Waals surface area contributed by atoms with Crippen LogP contribution in [0.5, 0.6) is 11.5 Å². The van der Waals surface area contributed by atoms with Crippen LogP contribution in [-0.2, 0) is 4.79 Å². The predicted molar refractivity (Wildman–Crippen MR) is 80.6 cm³/mol. The van der Waals surface area contributed by atoms with Crippen LogP contribution in [0.2, 0.25) is 0 Å². The molecule has 0 radical (unpaired) electrons. The number of rotatable bonds is 6. The Bertz CT molecular complexity index is 657. The number of nitrogens with one attached hydrogen (secondary N) is 1. The summed E-state index contributed by atoms with van der Waals surface area (Å²) < 4.78 is 23.2. The number of hydrazone groups is 1. The number of halogens is 1. The third kappa shape index (κ3) is 4.59. The highest BCUT2D eigenvalue weighted by Crippen LogP contribution is 2.25. The second-order valence-corrected chi connectivity index (χ2v) is 4.28. The van der Waals surface area contributed by atoms with E-state index in [2.05, 4.69) is 10.5 Å². The lowest BCUT2D eigenvalue weighted by atomic mass is 10.2. The fourth-order valence-corrected chi connectivity index (χ4v) is 1.64. The molecule has 0 saturated carbocycles. The minimum atomic E-state index is -0.413. The molecule has 0 aromatic heterocycles. The standard InChI is InChI=1S/C16H15FN2O3/c1-21-14-4-2-3-5-15(14)22-11-16(20)19-18-10-12-6-8-13(17)9-7-12/h2-10H,11H2,1H3,(H,19,20)/b18-10+. The summed E-state index contributed by atoms with van der Waals surface area (Å²) in [5.74, 6) is 0.281. The van der Waals surface area contributed by atoms with Crippen molar-refractivity contribution in [2.45, 2.75) is 0 Å². The summed E-state index contributed by atoms with van der Waals surface area (Å²) in [5.41, 5.74) is 3.00. The molecule has 0 unspecified atom stereocenters. The van der Waals surface area contributed by atoms with Gasteiger partial charge in [0.25, 0.3) is 5.91 Å². The number of amides is 1. The topological polar surface area (TPSA) is 59.9 Å². The van der Waals surface area contributed by atoms with Crippen LogP contribution in [0.15, 0.2) is 53.6 Å². The van der Waals surface area contributed by atoms with E-state index in [1.165, 1.54) is 25.5 Å². The molecule has 2 aromatic rings. The van der Waals surface area contributed by atoms with Crippen LogP contribution in [0, 0.1) is 5.82 Å². The van der Waals surface area contributed by atoms with Gasteiger partial charge in [0.05, 0.1) is 13.3 Å². The molecule has 0 aliphatic rings. The first-order chi connectivity index (χ1) is 10.7. The molecular weight excluding hydrogens is 287 g/mol. The maximum atomic E-state index is 12.7. The first-order valence-electron chi connectivity index (χ1n) is 6.52. The molecule has 2 rings (SSSR count). The molecule has 2 aromatic carbocycles. The minimum absolute atomic E-state index is 0.193. The van der Waals surface area contributed by atoms with Gasteiger partial charge in [-0.15, -0.1) is 0 Å².